The molecule has 0 bridgehead atoms. The van der Waals surface area contributed by atoms with Gasteiger partial charge in [0.25, 0.3) is 0 Å². The molecule has 0 heterocycles. The van der Waals surface area contributed by atoms with Crippen LogP contribution in [0.4, 0.5) is 0 Å². The average Bonchev–Trinajstić information content (AvgIpc) is 2.59. The van der Waals surface area contributed by atoms with Gasteiger partial charge in [0.15, 0.2) is 0 Å². The summed E-state index contributed by atoms with van der Waals surface area (Å²) < 4.78 is 0. The zero-order chi connectivity index (χ0) is 20.3. The third-order valence-electron chi connectivity index (χ3n) is 3.31. The Kier molecular flexibility index (Phi) is 11.6. The lowest BCUT2D eigenvalue weighted by molar-refractivity contribution is -0.143. The van der Waals surface area contributed by atoms with Gasteiger partial charge in [0.1, 0.15) is 18.1 Å². The number of rotatable bonds is 12. The van der Waals surface area contributed by atoms with Gasteiger partial charge >= 0.3 is 5.97 Å². The number of hydrogen-bond donors (Lipinski definition) is 7. The summed E-state index contributed by atoms with van der Waals surface area (Å²) in [7, 11) is 0. The average molecular weight is 394 g/mol. The Hall–Kier alpha value is -1.89. The number of aliphatic hydroxyl groups excluding tert-OH is 2. The molecule has 26 heavy (non-hydrogen) atoms. The maximum atomic E-state index is 12.1. The fourth-order valence-corrected chi connectivity index (χ4v) is 2.18. The highest BCUT2D eigenvalue weighted by Gasteiger charge is 2.26. The van der Waals surface area contributed by atoms with Gasteiger partial charge in [-0.15, -0.1) is 0 Å². The highest BCUT2D eigenvalue weighted by atomic mass is 32.2. The van der Waals surface area contributed by atoms with Gasteiger partial charge in [0, 0.05) is 0 Å². The van der Waals surface area contributed by atoms with Gasteiger partial charge in [0.2, 0.25) is 17.7 Å². The molecule has 0 aromatic heterocycles. The van der Waals surface area contributed by atoms with E-state index in [1.165, 1.54) is 18.7 Å². The number of carboxylic acids is 1. The van der Waals surface area contributed by atoms with E-state index in [-0.39, 0.29) is 6.42 Å². The van der Waals surface area contributed by atoms with Crippen LogP contribution in [0.25, 0.3) is 0 Å². The quantitative estimate of drug-likeness (QED) is 0.177. The van der Waals surface area contributed by atoms with Crippen molar-refractivity contribution < 1.29 is 34.5 Å². The van der Waals surface area contributed by atoms with E-state index in [0.717, 1.165) is 0 Å². The monoisotopic (exact) mass is 394 g/mol. The molecule has 0 aromatic rings. The number of hydrogen-bond acceptors (Lipinski definition) is 8. The van der Waals surface area contributed by atoms with E-state index in [0.29, 0.717) is 5.75 Å². The summed E-state index contributed by atoms with van der Waals surface area (Å²) >= 11 is 1.42. The molecule has 4 atom stereocenters. The minimum atomic E-state index is -1.49. The standard InChI is InChI=1S/C14H26N4O7S/c1-7(20)11(15)13(23)16-5-10(21)17-8(3-4-26-2)12(22)18-9(6-19)14(24)25/h7-9,11,19-20H,3-6,15H2,1-2H3,(H,16,23)(H,17,21)(H,18,22)(H,24,25). The highest BCUT2D eigenvalue weighted by Crippen LogP contribution is 2.02. The first kappa shape index (κ1) is 24.1. The molecule has 0 saturated heterocycles. The zero-order valence-corrected chi connectivity index (χ0v) is 15.4. The van der Waals surface area contributed by atoms with Crippen molar-refractivity contribution >= 4 is 35.5 Å². The Labute approximate surface area is 155 Å². The molecule has 0 radical (unpaired) electrons. The summed E-state index contributed by atoms with van der Waals surface area (Å²) in [6, 6.07) is -3.72. The van der Waals surface area contributed by atoms with Crippen molar-refractivity contribution in [2.45, 2.75) is 37.6 Å². The van der Waals surface area contributed by atoms with Crippen LogP contribution in [0.1, 0.15) is 13.3 Å². The van der Waals surface area contributed by atoms with Crippen LogP contribution in [0.5, 0.6) is 0 Å². The highest BCUT2D eigenvalue weighted by molar-refractivity contribution is 7.98. The molecule has 0 saturated carbocycles. The first-order valence-electron chi connectivity index (χ1n) is 7.77. The number of nitrogens with two attached hydrogens (primary N) is 1. The molecule has 11 nitrogen and oxygen atoms in total. The fraction of sp³-hybridized carbons (Fsp3) is 0.714. The number of aliphatic carboxylic acids is 1. The van der Waals surface area contributed by atoms with Gasteiger partial charge in [-0.25, -0.2) is 4.79 Å². The minimum Gasteiger partial charge on any atom is -0.480 e. The van der Waals surface area contributed by atoms with Gasteiger partial charge in [-0.05, 0) is 25.4 Å². The summed E-state index contributed by atoms with van der Waals surface area (Å²) in [5, 5.41) is 33.8. The smallest absolute Gasteiger partial charge is 0.328 e. The number of carbonyl (C=O) groups excluding carboxylic acids is 3. The second kappa shape index (κ2) is 12.5. The maximum Gasteiger partial charge on any atom is 0.328 e. The first-order valence-corrected chi connectivity index (χ1v) is 9.17. The van der Waals surface area contributed by atoms with Gasteiger partial charge in [-0.2, -0.15) is 11.8 Å². The van der Waals surface area contributed by atoms with Crippen molar-refractivity contribution in [1.29, 1.82) is 0 Å². The van der Waals surface area contributed by atoms with Crippen molar-refractivity contribution in [2.24, 2.45) is 5.73 Å². The van der Waals surface area contributed by atoms with Crippen molar-refractivity contribution in [1.82, 2.24) is 16.0 Å². The Morgan fingerprint density at radius 1 is 1.12 bits per heavy atom. The van der Waals surface area contributed by atoms with E-state index >= 15 is 0 Å². The van der Waals surface area contributed by atoms with E-state index in [1.807, 2.05) is 0 Å². The lowest BCUT2D eigenvalue weighted by atomic mass is 10.1. The molecular formula is C14H26N4O7S. The molecule has 150 valence electrons. The zero-order valence-electron chi connectivity index (χ0n) is 14.6. The lowest BCUT2D eigenvalue weighted by Gasteiger charge is -2.21. The number of aliphatic hydroxyl groups is 2. The molecule has 12 heteroatoms. The lowest BCUT2D eigenvalue weighted by Crippen LogP contribution is -2.55. The molecule has 8 N–H and O–H groups in total. The molecule has 0 rings (SSSR count). The summed E-state index contributed by atoms with van der Waals surface area (Å²) in [4.78, 5) is 46.5. The summed E-state index contributed by atoms with van der Waals surface area (Å²) in [6.07, 6.45) is 0.921. The Balaban J connectivity index is 4.73. The minimum absolute atomic E-state index is 0.220. The van der Waals surface area contributed by atoms with Crippen LogP contribution < -0.4 is 21.7 Å². The normalized spacial score (nSPS) is 15.3. The van der Waals surface area contributed by atoms with E-state index in [2.05, 4.69) is 16.0 Å². The summed E-state index contributed by atoms with van der Waals surface area (Å²) in [5.41, 5.74) is 5.42. The molecule has 3 amide bonds. The van der Waals surface area contributed by atoms with Crippen LogP contribution >= 0.6 is 11.8 Å². The molecule has 0 aromatic carbocycles. The second-order valence-electron chi connectivity index (χ2n) is 5.47. The van der Waals surface area contributed by atoms with Crippen molar-refractivity contribution in [2.75, 3.05) is 25.2 Å². The number of amides is 3. The predicted octanol–water partition coefficient (Wildman–Crippen LogP) is -3.39. The van der Waals surface area contributed by atoms with Crippen molar-refractivity contribution in [3.63, 3.8) is 0 Å². The molecule has 0 aliphatic rings. The Bertz CT molecular complexity index is 504. The molecular weight excluding hydrogens is 368 g/mol. The van der Waals surface area contributed by atoms with E-state index in [4.69, 9.17) is 15.9 Å². The number of carboxylic acid groups (broad SMARTS) is 1. The van der Waals surface area contributed by atoms with Gasteiger partial charge < -0.3 is 37.0 Å². The van der Waals surface area contributed by atoms with Gasteiger partial charge in [-0.3, -0.25) is 14.4 Å². The first-order chi connectivity index (χ1) is 12.1. The summed E-state index contributed by atoms with van der Waals surface area (Å²) in [5.74, 6) is -3.08. The van der Waals surface area contributed by atoms with Gasteiger partial charge in [-0.1, -0.05) is 0 Å². The number of nitrogens with one attached hydrogen (secondary N) is 3. The SMILES string of the molecule is CSCCC(NC(=O)CNC(=O)C(N)C(C)O)C(=O)NC(CO)C(=O)O. The van der Waals surface area contributed by atoms with Gasteiger partial charge in [0.05, 0.1) is 19.3 Å². The topological polar surface area (TPSA) is 191 Å². The van der Waals surface area contributed by atoms with Crippen LogP contribution in [0, 0.1) is 0 Å². The maximum absolute atomic E-state index is 12.1. The second-order valence-corrected chi connectivity index (χ2v) is 6.45. The molecule has 4 unspecified atom stereocenters. The Morgan fingerprint density at radius 3 is 2.19 bits per heavy atom. The number of thioether (sulfide) groups is 1. The van der Waals surface area contributed by atoms with Crippen LogP contribution in [-0.4, -0.2) is 88.4 Å². The van der Waals surface area contributed by atoms with Crippen LogP contribution in [0.15, 0.2) is 0 Å². The molecule has 0 aliphatic carbocycles. The molecule has 0 spiro atoms. The Morgan fingerprint density at radius 2 is 1.73 bits per heavy atom. The summed E-state index contributed by atoms with van der Waals surface area (Å²) in [6.45, 7) is 0.0648. The largest absolute Gasteiger partial charge is 0.480 e. The van der Waals surface area contributed by atoms with Crippen LogP contribution in [-0.2, 0) is 19.2 Å². The van der Waals surface area contributed by atoms with E-state index < -0.39 is 61.1 Å². The molecule has 0 aliphatic heterocycles. The number of carbonyl (C=O) groups is 4. The third-order valence-corrected chi connectivity index (χ3v) is 3.95. The van der Waals surface area contributed by atoms with Crippen LogP contribution in [0.3, 0.4) is 0 Å². The van der Waals surface area contributed by atoms with Crippen molar-refractivity contribution in [3.8, 4) is 0 Å². The van der Waals surface area contributed by atoms with E-state index in [1.54, 1.807) is 6.26 Å². The molecule has 0 fully saturated rings. The third kappa shape index (κ3) is 8.99. The van der Waals surface area contributed by atoms with Crippen molar-refractivity contribution in [3.05, 3.63) is 0 Å². The predicted molar refractivity (Wildman–Crippen MR) is 94.2 cm³/mol. The van der Waals surface area contributed by atoms with E-state index in [9.17, 15) is 24.3 Å². The van der Waals surface area contributed by atoms with Crippen LogP contribution in [0.2, 0.25) is 0 Å². The fourth-order valence-electron chi connectivity index (χ4n) is 1.71.